The number of nitrogens with zero attached hydrogens (tertiary/aromatic N) is 2. The molecule has 1 aromatic carbocycles. The molecule has 0 unspecified atom stereocenters. The molecule has 0 fully saturated rings. The van der Waals surface area contributed by atoms with Crippen LogP contribution < -0.4 is 10.6 Å². The molecular weight excluding hydrogens is 319 g/mol. The van der Waals surface area contributed by atoms with Crippen molar-refractivity contribution in [2.75, 3.05) is 5.32 Å². The van der Waals surface area contributed by atoms with Crippen molar-refractivity contribution in [3.63, 3.8) is 0 Å². The zero-order chi connectivity index (χ0) is 18.2. The third-order valence-corrected chi connectivity index (χ3v) is 3.52. The Hall–Kier alpha value is -3.02. The third kappa shape index (κ3) is 6.18. The van der Waals surface area contributed by atoms with Gasteiger partial charge < -0.3 is 10.6 Å². The van der Waals surface area contributed by atoms with E-state index in [9.17, 15) is 9.18 Å². The molecule has 1 amide bonds. The number of carbonyl (C=O) groups is 1. The van der Waals surface area contributed by atoms with Crippen LogP contribution in [-0.4, -0.2) is 15.9 Å². The molecule has 2 aromatic rings. The summed E-state index contributed by atoms with van der Waals surface area (Å²) in [5.41, 5.74) is 3.41. The number of carbonyl (C=O) groups excluding carboxylic acids is 1. The van der Waals surface area contributed by atoms with E-state index in [1.54, 1.807) is 24.5 Å². The van der Waals surface area contributed by atoms with E-state index in [-0.39, 0.29) is 11.7 Å². The number of allylic oxidation sites excluding steroid dienone is 3. The van der Waals surface area contributed by atoms with Gasteiger partial charge in [-0.3, -0.25) is 9.78 Å². The number of hydrogen-bond acceptors (Lipinski definition) is 4. The van der Waals surface area contributed by atoms with Gasteiger partial charge in [0.2, 0.25) is 5.91 Å². The number of halogens is 1. The first-order chi connectivity index (χ1) is 11.9. The fraction of sp³-hybridized carbons (Fsp3) is 0.211. The van der Waals surface area contributed by atoms with Gasteiger partial charge in [-0.2, -0.15) is 0 Å². The Bertz CT molecular complexity index is 780. The van der Waals surface area contributed by atoms with E-state index in [0.29, 0.717) is 18.1 Å². The summed E-state index contributed by atoms with van der Waals surface area (Å²) in [4.78, 5) is 19.6. The molecule has 2 rings (SSSR count). The SMILES string of the molecule is CC(=O)N/C(C)=C(C)/C=C/c1cnc(NCc2ccc(F)cc2)cn1. The van der Waals surface area contributed by atoms with E-state index in [1.165, 1.54) is 19.1 Å². The molecule has 1 aromatic heterocycles. The van der Waals surface area contributed by atoms with Crippen molar-refractivity contribution >= 4 is 17.8 Å². The molecule has 5 nitrogen and oxygen atoms in total. The highest BCUT2D eigenvalue weighted by molar-refractivity contribution is 5.75. The fourth-order valence-electron chi connectivity index (χ4n) is 2.01. The third-order valence-electron chi connectivity index (χ3n) is 3.52. The van der Waals surface area contributed by atoms with Crippen LogP contribution in [0.25, 0.3) is 6.08 Å². The van der Waals surface area contributed by atoms with Crippen molar-refractivity contribution in [1.29, 1.82) is 0 Å². The zero-order valence-electron chi connectivity index (χ0n) is 14.5. The van der Waals surface area contributed by atoms with Gasteiger partial charge in [0.25, 0.3) is 0 Å². The molecule has 2 N–H and O–H groups in total. The molecular formula is C19H21FN4O. The molecule has 0 aliphatic rings. The van der Waals surface area contributed by atoms with Crippen LogP contribution in [0.5, 0.6) is 0 Å². The quantitative estimate of drug-likeness (QED) is 0.788. The summed E-state index contributed by atoms with van der Waals surface area (Å²) < 4.78 is 12.9. The lowest BCUT2D eigenvalue weighted by Gasteiger charge is -2.06. The Morgan fingerprint density at radius 3 is 2.44 bits per heavy atom. The molecule has 0 aliphatic carbocycles. The second-order valence-corrected chi connectivity index (χ2v) is 5.63. The minimum atomic E-state index is -0.252. The van der Waals surface area contributed by atoms with Crippen LogP contribution in [-0.2, 0) is 11.3 Å². The summed E-state index contributed by atoms with van der Waals surface area (Å²) in [6, 6.07) is 6.30. The molecule has 6 heteroatoms. The smallest absolute Gasteiger partial charge is 0.220 e. The molecule has 130 valence electrons. The maximum absolute atomic E-state index is 12.9. The standard InChI is InChI=1S/C19H21FN4O/c1-13(14(2)24-15(3)25)4-9-18-11-23-19(12-21-18)22-10-16-5-7-17(20)8-6-16/h4-9,11-12H,10H2,1-3H3,(H,22,23)(H,24,25)/b9-4+,14-13+. The Morgan fingerprint density at radius 1 is 1.12 bits per heavy atom. The van der Waals surface area contributed by atoms with Crippen LogP contribution in [0.3, 0.4) is 0 Å². The lowest BCUT2D eigenvalue weighted by Crippen LogP contribution is -2.18. The van der Waals surface area contributed by atoms with Crippen LogP contribution in [0, 0.1) is 5.82 Å². The number of nitrogens with one attached hydrogen (secondary N) is 2. The molecule has 1 heterocycles. The van der Waals surface area contributed by atoms with Gasteiger partial charge >= 0.3 is 0 Å². The number of aromatic nitrogens is 2. The van der Waals surface area contributed by atoms with Crippen molar-refractivity contribution in [2.45, 2.75) is 27.3 Å². The van der Waals surface area contributed by atoms with Crippen LogP contribution >= 0.6 is 0 Å². The number of amides is 1. The number of hydrogen-bond donors (Lipinski definition) is 2. The van der Waals surface area contributed by atoms with Crippen molar-refractivity contribution in [1.82, 2.24) is 15.3 Å². The normalized spacial score (nSPS) is 12.0. The summed E-state index contributed by atoms with van der Waals surface area (Å²) in [7, 11) is 0. The molecule has 25 heavy (non-hydrogen) atoms. The Kier molecular flexibility index (Phi) is 6.39. The molecule has 0 saturated carbocycles. The summed E-state index contributed by atoms with van der Waals surface area (Å²) >= 11 is 0. The van der Waals surface area contributed by atoms with Gasteiger partial charge in [0.05, 0.1) is 18.1 Å². The van der Waals surface area contributed by atoms with E-state index < -0.39 is 0 Å². The monoisotopic (exact) mass is 340 g/mol. The van der Waals surface area contributed by atoms with Gasteiger partial charge in [0, 0.05) is 19.2 Å². The average Bonchev–Trinajstić information content (AvgIpc) is 2.59. The molecule has 0 spiro atoms. The van der Waals surface area contributed by atoms with Crippen molar-refractivity contribution < 1.29 is 9.18 Å². The Balaban J connectivity index is 1.94. The Labute approximate surface area is 146 Å². The topological polar surface area (TPSA) is 66.9 Å². The van der Waals surface area contributed by atoms with Gasteiger partial charge in [-0.25, -0.2) is 9.37 Å². The van der Waals surface area contributed by atoms with Crippen molar-refractivity contribution in [3.05, 3.63) is 71.1 Å². The lowest BCUT2D eigenvalue weighted by molar-refractivity contribution is -0.118. The number of benzene rings is 1. The number of anilines is 1. The molecule has 0 bridgehead atoms. The highest BCUT2D eigenvalue weighted by Gasteiger charge is 1.99. The molecule has 0 aliphatic heterocycles. The van der Waals surface area contributed by atoms with Crippen LogP contribution in [0.15, 0.2) is 54.0 Å². The van der Waals surface area contributed by atoms with Crippen LogP contribution in [0.1, 0.15) is 32.0 Å². The van der Waals surface area contributed by atoms with Crippen LogP contribution in [0.4, 0.5) is 10.2 Å². The summed E-state index contributed by atoms with van der Waals surface area (Å²) in [6.07, 6.45) is 7.01. The van der Waals surface area contributed by atoms with Crippen LogP contribution in [0.2, 0.25) is 0 Å². The van der Waals surface area contributed by atoms with E-state index >= 15 is 0 Å². The first-order valence-electron chi connectivity index (χ1n) is 7.87. The maximum atomic E-state index is 12.9. The average molecular weight is 340 g/mol. The van der Waals surface area contributed by atoms with E-state index in [4.69, 9.17) is 0 Å². The first-order valence-corrected chi connectivity index (χ1v) is 7.87. The predicted octanol–water partition coefficient (Wildman–Crippen LogP) is 3.67. The number of rotatable bonds is 6. The van der Waals surface area contributed by atoms with Gasteiger partial charge in [-0.1, -0.05) is 18.2 Å². The zero-order valence-corrected chi connectivity index (χ0v) is 14.5. The molecule has 0 saturated heterocycles. The summed E-state index contributed by atoms with van der Waals surface area (Å²) in [5.74, 6) is 0.294. The lowest BCUT2D eigenvalue weighted by atomic mass is 10.2. The van der Waals surface area contributed by atoms with E-state index in [0.717, 1.165) is 16.8 Å². The van der Waals surface area contributed by atoms with Crippen molar-refractivity contribution in [2.24, 2.45) is 0 Å². The molecule has 0 radical (unpaired) electrons. The summed E-state index contributed by atoms with van der Waals surface area (Å²) in [5, 5.41) is 5.88. The van der Waals surface area contributed by atoms with E-state index in [1.807, 2.05) is 26.0 Å². The van der Waals surface area contributed by atoms with Gasteiger partial charge in [0.15, 0.2) is 0 Å². The van der Waals surface area contributed by atoms with Crippen molar-refractivity contribution in [3.8, 4) is 0 Å². The fourth-order valence-corrected chi connectivity index (χ4v) is 2.01. The van der Waals surface area contributed by atoms with Gasteiger partial charge in [0.1, 0.15) is 11.6 Å². The predicted molar refractivity (Wildman–Crippen MR) is 97.0 cm³/mol. The highest BCUT2D eigenvalue weighted by Crippen LogP contribution is 2.09. The minimum absolute atomic E-state index is 0.0957. The minimum Gasteiger partial charge on any atom is -0.365 e. The van der Waals surface area contributed by atoms with E-state index in [2.05, 4.69) is 20.6 Å². The first kappa shape index (κ1) is 18.3. The Morgan fingerprint density at radius 2 is 1.84 bits per heavy atom. The van der Waals surface area contributed by atoms with Gasteiger partial charge in [-0.15, -0.1) is 0 Å². The summed E-state index contributed by atoms with van der Waals surface area (Å²) in [6.45, 7) is 5.77. The highest BCUT2D eigenvalue weighted by atomic mass is 19.1. The molecule has 0 atom stereocenters. The van der Waals surface area contributed by atoms with Gasteiger partial charge in [-0.05, 0) is 43.2 Å². The largest absolute Gasteiger partial charge is 0.365 e. The second kappa shape index (κ2) is 8.73. The maximum Gasteiger partial charge on any atom is 0.220 e. The second-order valence-electron chi connectivity index (χ2n) is 5.63.